The van der Waals surface area contributed by atoms with E-state index in [0.717, 1.165) is 5.75 Å². The average molecular weight is 217 g/mol. The molecule has 2 heteroatoms. The molecule has 0 saturated heterocycles. The molecular formula is C14H19NO. The molecule has 1 saturated carbocycles. The maximum absolute atomic E-state index is 5.55. The molecule has 86 valence electrons. The van der Waals surface area contributed by atoms with E-state index in [2.05, 4.69) is 30.6 Å². The molecule has 0 aromatic heterocycles. The maximum Gasteiger partial charge on any atom is 0.122 e. The van der Waals surface area contributed by atoms with Crippen LogP contribution < -0.4 is 10.1 Å². The Hall–Kier alpha value is -1.02. The number of ether oxygens (including phenoxy) is 1. The largest absolute Gasteiger partial charge is 0.496 e. The molecular weight excluding hydrogens is 198 g/mol. The fourth-order valence-electron chi connectivity index (χ4n) is 3.49. The summed E-state index contributed by atoms with van der Waals surface area (Å²) in [6, 6.07) is 6.99. The van der Waals surface area contributed by atoms with Crippen LogP contribution in [0.1, 0.15) is 42.9 Å². The number of methoxy groups -OCH3 is 1. The predicted molar refractivity (Wildman–Crippen MR) is 64.9 cm³/mol. The third-order valence-electron chi connectivity index (χ3n) is 4.44. The fourth-order valence-corrected chi connectivity index (χ4v) is 3.49. The zero-order valence-electron chi connectivity index (χ0n) is 10.0. The Balaban J connectivity index is 2.14. The van der Waals surface area contributed by atoms with Crippen LogP contribution in [0.5, 0.6) is 5.75 Å². The molecule has 1 unspecified atom stereocenters. The SMILES string of the molecule is CNC1CC2(CCC2)c2c(OC)cccc21. The first-order chi connectivity index (χ1) is 7.80. The van der Waals surface area contributed by atoms with Crippen molar-refractivity contribution in [2.45, 2.75) is 37.1 Å². The summed E-state index contributed by atoms with van der Waals surface area (Å²) in [6.45, 7) is 0. The highest BCUT2D eigenvalue weighted by Crippen LogP contribution is 2.58. The van der Waals surface area contributed by atoms with Crippen LogP contribution in [-0.2, 0) is 5.41 Å². The van der Waals surface area contributed by atoms with Gasteiger partial charge in [-0.05, 0) is 37.9 Å². The summed E-state index contributed by atoms with van der Waals surface area (Å²) >= 11 is 0. The van der Waals surface area contributed by atoms with Gasteiger partial charge in [0, 0.05) is 17.0 Å². The first-order valence-corrected chi connectivity index (χ1v) is 6.15. The van der Waals surface area contributed by atoms with Crippen molar-refractivity contribution >= 4 is 0 Å². The van der Waals surface area contributed by atoms with Gasteiger partial charge in [-0.1, -0.05) is 18.6 Å². The monoisotopic (exact) mass is 217 g/mol. The van der Waals surface area contributed by atoms with Crippen molar-refractivity contribution in [3.63, 3.8) is 0 Å². The molecule has 1 aromatic carbocycles. The van der Waals surface area contributed by atoms with E-state index in [4.69, 9.17) is 4.74 Å². The standard InChI is InChI=1S/C14H19NO/c1-15-11-9-14(7-4-8-14)13-10(11)5-3-6-12(13)16-2/h3,5-6,11,15H,4,7-9H2,1-2H3. The van der Waals surface area contributed by atoms with E-state index < -0.39 is 0 Å². The van der Waals surface area contributed by atoms with Crippen molar-refractivity contribution in [1.82, 2.24) is 5.32 Å². The van der Waals surface area contributed by atoms with E-state index in [1.54, 1.807) is 7.11 Å². The van der Waals surface area contributed by atoms with Crippen LogP contribution in [0.2, 0.25) is 0 Å². The van der Waals surface area contributed by atoms with E-state index in [1.807, 2.05) is 0 Å². The zero-order valence-corrected chi connectivity index (χ0v) is 10.0. The van der Waals surface area contributed by atoms with Gasteiger partial charge in [0.15, 0.2) is 0 Å². The second-order valence-corrected chi connectivity index (χ2v) is 5.10. The van der Waals surface area contributed by atoms with Gasteiger partial charge in [0.1, 0.15) is 5.75 Å². The van der Waals surface area contributed by atoms with E-state index in [9.17, 15) is 0 Å². The summed E-state index contributed by atoms with van der Waals surface area (Å²) in [7, 11) is 3.85. The first-order valence-electron chi connectivity index (χ1n) is 6.15. The van der Waals surface area contributed by atoms with Crippen molar-refractivity contribution < 1.29 is 4.74 Å². The zero-order chi connectivity index (χ0) is 11.2. The highest BCUT2D eigenvalue weighted by atomic mass is 16.5. The quantitative estimate of drug-likeness (QED) is 0.822. The van der Waals surface area contributed by atoms with Crippen LogP contribution in [-0.4, -0.2) is 14.2 Å². The maximum atomic E-state index is 5.55. The lowest BCUT2D eigenvalue weighted by Gasteiger charge is -2.40. The third kappa shape index (κ3) is 1.17. The van der Waals surface area contributed by atoms with E-state index >= 15 is 0 Å². The highest BCUT2D eigenvalue weighted by molar-refractivity contribution is 5.52. The smallest absolute Gasteiger partial charge is 0.122 e. The molecule has 3 rings (SSSR count). The third-order valence-corrected chi connectivity index (χ3v) is 4.44. The summed E-state index contributed by atoms with van der Waals surface area (Å²) in [4.78, 5) is 0. The minimum absolute atomic E-state index is 0.426. The molecule has 1 atom stereocenters. The van der Waals surface area contributed by atoms with Crippen molar-refractivity contribution in [3.05, 3.63) is 29.3 Å². The molecule has 2 nitrogen and oxygen atoms in total. The number of fused-ring (bicyclic) bond motifs is 2. The lowest BCUT2D eigenvalue weighted by Crippen LogP contribution is -2.32. The molecule has 1 fully saturated rings. The second-order valence-electron chi connectivity index (χ2n) is 5.10. The number of hydrogen-bond donors (Lipinski definition) is 1. The summed E-state index contributed by atoms with van der Waals surface area (Å²) in [6.07, 6.45) is 5.28. The van der Waals surface area contributed by atoms with Gasteiger partial charge in [0.25, 0.3) is 0 Å². The van der Waals surface area contributed by atoms with Gasteiger partial charge in [-0.2, -0.15) is 0 Å². The molecule has 0 bridgehead atoms. The predicted octanol–water partition coefficient (Wildman–Crippen LogP) is 2.78. The Bertz CT molecular complexity index is 409. The van der Waals surface area contributed by atoms with Gasteiger partial charge in [-0.15, -0.1) is 0 Å². The number of hydrogen-bond acceptors (Lipinski definition) is 2. The minimum atomic E-state index is 0.426. The summed E-state index contributed by atoms with van der Waals surface area (Å²) in [5, 5.41) is 3.44. The van der Waals surface area contributed by atoms with Crippen molar-refractivity contribution in [2.75, 3.05) is 14.2 Å². The van der Waals surface area contributed by atoms with Gasteiger partial charge >= 0.3 is 0 Å². The fraction of sp³-hybridized carbons (Fsp3) is 0.571. The molecule has 0 amide bonds. The Morgan fingerprint density at radius 1 is 1.38 bits per heavy atom. The number of benzene rings is 1. The molecule has 0 radical (unpaired) electrons. The van der Waals surface area contributed by atoms with Crippen molar-refractivity contribution in [2.24, 2.45) is 0 Å². The van der Waals surface area contributed by atoms with E-state index in [1.165, 1.54) is 36.8 Å². The van der Waals surface area contributed by atoms with Crippen LogP contribution in [0.25, 0.3) is 0 Å². The Kier molecular flexibility index (Phi) is 2.21. The Morgan fingerprint density at radius 2 is 2.19 bits per heavy atom. The van der Waals surface area contributed by atoms with Gasteiger partial charge < -0.3 is 10.1 Å². The highest BCUT2D eigenvalue weighted by Gasteiger charge is 2.48. The summed E-state index contributed by atoms with van der Waals surface area (Å²) < 4.78 is 5.55. The molecule has 16 heavy (non-hydrogen) atoms. The molecule has 0 aliphatic heterocycles. The van der Waals surface area contributed by atoms with Crippen LogP contribution in [0.4, 0.5) is 0 Å². The van der Waals surface area contributed by atoms with Gasteiger partial charge in [-0.3, -0.25) is 0 Å². The minimum Gasteiger partial charge on any atom is -0.496 e. The first kappa shape index (κ1) is 10.2. The van der Waals surface area contributed by atoms with E-state index in [0.29, 0.717) is 11.5 Å². The van der Waals surface area contributed by atoms with Crippen LogP contribution in [0, 0.1) is 0 Å². The van der Waals surface area contributed by atoms with Gasteiger partial charge in [-0.25, -0.2) is 0 Å². The molecule has 1 spiro atoms. The van der Waals surface area contributed by atoms with Crippen molar-refractivity contribution in [1.29, 1.82) is 0 Å². The normalized spacial score (nSPS) is 25.2. The van der Waals surface area contributed by atoms with Crippen LogP contribution >= 0.6 is 0 Å². The second kappa shape index (κ2) is 3.49. The number of rotatable bonds is 2. The lowest BCUT2D eigenvalue weighted by atomic mass is 9.65. The summed E-state index contributed by atoms with van der Waals surface area (Å²) in [5.41, 5.74) is 3.37. The molecule has 2 aliphatic rings. The van der Waals surface area contributed by atoms with Crippen LogP contribution in [0.3, 0.4) is 0 Å². The number of nitrogens with one attached hydrogen (secondary N) is 1. The topological polar surface area (TPSA) is 21.3 Å². The average Bonchev–Trinajstić information content (AvgIpc) is 2.63. The Morgan fingerprint density at radius 3 is 2.75 bits per heavy atom. The van der Waals surface area contributed by atoms with Crippen molar-refractivity contribution in [3.8, 4) is 5.75 Å². The van der Waals surface area contributed by atoms with Gasteiger partial charge in [0.05, 0.1) is 7.11 Å². The lowest BCUT2D eigenvalue weighted by molar-refractivity contribution is 0.221. The van der Waals surface area contributed by atoms with E-state index in [-0.39, 0.29) is 0 Å². The van der Waals surface area contributed by atoms with Crippen LogP contribution in [0.15, 0.2) is 18.2 Å². The molecule has 0 heterocycles. The molecule has 2 aliphatic carbocycles. The summed E-state index contributed by atoms with van der Waals surface area (Å²) in [5.74, 6) is 1.09. The van der Waals surface area contributed by atoms with Gasteiger partial charge in [0.2, 0.25) is 0 Å². The molecule has 1 aromatic rings. The Labute approximate surface area is 97.0 Å². The molecule has 1 N–H and O–H groups in total.